The fraction of sp³-hybridized carbons (Fsp3) is 0.636. The van der Waals surface area contributed by atoms with E-state index in [1.165, 1.54) is 4.90 Å². The minimum atomic E-state index is -1.34. The molecule has 1 aliphatic heterocycles. The fourth-order valence-electron chi connectivity index (χ4n) is 2.05. The average Bonchev–Trinajstić information content (AvgIpc) is 2.95. The molecule has 1 saturated heterocycles. The Balaban J connectivity index is 2.18. The van der Waals surface area contributed by atoms with E-state index in [1.54, 1.807) is 0 Å². The molecule has 1 amide bonds. The molecule has 0 radical (unpaired) electrons. The monoisotopic (exact) mass is 284 g/mol. The van der Waals surface area contributed by atoms with Crippen molar-refractivity contribution in [2.24, 2.45) is 5.73 Å². The van der Waals surface area contributed by atoms with Gasteiger partial charge in [-0.15, -0.1) is 5.10 Å². The average molecular weight is 284 g/mol. The quantitative estimate of drug-likeness (QED) is 0.825. The van der Waals surface area contributed by atoms with E-state index in [-0.39, 0.29) is 24.8 Å². The molecule has 7 nitrogen and oxygen atoms in total. The van der Waals surface area contributed by atoms with E-state index in [9.17, 15) is 9.59 Å². The van der Waals surface area contributed by atoms with Crippen LogP contribution in [0.4, 0.5) is 0 Å². The Morgan fingerprint density at radius 2 is 2.21 bits per heavy atom. The smallest absolute Gasteiger partial charge is 0.325 e. The molecule has 0 spiro atoms. The summed E-state index contributed by atoms with van der Waals surface area (Å²) in [6, 6.07) is 0. The van der Waals surface area contributed by atoms with Crippen molar-refractivity contribution in [3.63, 3.8) is 0 Å². The summed E-state index contributed by atoms with van der Waals surface area (Å²) in [5.74, 6) is -1.20. The molecule has 19 heavy (non-hydrogen) atoms. The molecule has 0 bridgehead atoms. The molecular formula is C11H16N4O3S. The van der Waals surface area contributed by atoms with Crippen molar-refractivity contribution in [2.45, 2.75) is 31.7 Å². The molecule has 3 N–H and O–H groups in total. The Kier molecular flexibility index (Phi) is 3.55. The maximum absolute atomic E-state index is 12.4. The number of likely N-dealkylation sites (tertiary alicyclic amines) is 1. The van der Waals surface area contributed by atoms with Gasteiger partial charge in [-0.3, -0.25) is 9.59 Å². The van der Waals surface area contributed by atoms with Crippen LogP contribution in [0.1, 0.15) is 41.6 Å². The minimum absolute atomic E-state index is 0.0244. The summed E-state index contributed by atoms with van der Waals surface area (Å²) in [5, 5.41) is 13.0. The van der Waals surface area contributed by atoms with E-state index in [0.717, 1.165) is 11.5 Å². The molecule has 1 aromatic heterocycles. The first kappa shape index (κ1) is 13.9. The molecular weight excluding hydrogens is 268 g/mol. The number of nitrogens with two attached hydrogens (primary N) is 1. The maximum Gasteiger partial charge on any atom is 0.325 e. The van der Waals surface area contributed by atoms with E-state index >= 15 is 0 Å². The number of carbonyl (C=O) groups excluding carboxylic acids is 1. The topological polar surface area (TPSA) is 109 Å². The third-order valence-electron chi connectivity index (χ3n) is 3.27. The molecule has 2 heterocycles. The number of aromatic nitrogens is 2. The minimum Gasteiger partial charge on any atom is -0.480 e. The number of aliphatic carboxylic acids is 1. The highest BCUT2D eigenvalue weighted by atomic mass is 32.1. The summed E-state index contributed by atoms with van der Waals surface area (Å²) in [6.45, 7) is 4.23. The Labute approximate surface area is 114 Å². The second kappa shape index (κ2) is 4.86. The summed E-state index contributed by atoms with van der Waals surface area (Å²) >= 11 is 1.04. The van der Waals surface area contributed by atoms with Crippen LogP contribution < -0.4 is 5.73 Å². The number of amides is 1. The molecule has 1 atom stereocenters. The Bertz CT molecular complexity index is 516. The number of rotatable bonds is 3. The van der Waals surface area contributed by atoms with Crippen molar-refractivity contribution in [2.75, 3.05) is 13.1 Å². The Morgan fingerprint density at radius 1 is 1.53 bits per heavy atom. The standard InChI is InChI=1S/C11H16N4O3S/c1-6(2)7-8(19-14-13-7)9(16)15-4-3-11(12,5-15)10(17)18/h6H,3-5,12H2,1-2H3,(H,17,18). The number of carboxylic acid groups (broad SMARTS) is 1. The zero-order valence-corrected chi connectivity index (χ0v) is 11.6. The molecule has 1 fully saturated rings. The second-order valence-electron chi connectivity index (χ2n) is 5.08. The van der Waals surface area contributed by atoms with Crippen molar-refractivity contribution in [1.82, 2.24) is 14.5 Å². The van der Waals surface area contributed by atoms with Crippen LogP contribution in [0.15, 0.2) is 0 Å². The number of carbonyl (C=O) groups is 2. The van der Waals surface area contributed by atoms with Gasteiger partial charge in [0.05, 0.1) is 5.69 Å². The van der Waals surface area contributed by atoms with Crippen molar-refractivity contribution < 1.29 is 14.7 Å². The van der Waals surface area contributed by atoms with Gasteiger partial charge in [0.25, 0.3) is 5.91 Å². The van der Waals surface area contributed by atoms with Gasteiger partial charge in [0.1, 0.15) is 10.4 Å². The van der Waals surface area contributed by atoms with Crippen molar-refractivity contribution in [3.05, 3.63) is 10.6 Å². The van der Waals surface area contributed by atoms with Gasteiger partial charge in [0.2, 0.25) is 0 Å². The van der Waals surface area contributed by atoms with Crippen LogP contribution >= 0.6 is 11.5 Å². The van der Waals surface area contributed by atoms with E-state index < -0.39 is 11.5 Å². The summed E-state index contributed by atoms with van der Waals surface area (Å²) in [6.07, 6.45) is 0.261. The van der Waals surface area contributed by atoms with Crippen molar-refractivity contribution in [3.8, 4) is 0 Å². The van der Waals surface area contributed by atoms with Crippen molar-refractivity contribution >= 4 is 23.4 Å². The summed E-state index contributed by atoms with van der Waals surface area (Å²) in [5.41, 5.74) is 5.07. The van der Waals surface area contributed by atoms with E-state index in [0.29, 0.717) is 17.1 Å². The lowest BCUT2D eigenvalue weighted by atomic mass is 10.0. The first-order valence-electron chi connectivity index (χ1n) is 5.99. The zero-order chi connectivity index (χ0) is 14.2. The van der Waals surface area contributed by atoms with Crippen LogP contribution in [-0.2, 0) is 4.79 Å². The molecule has 1 unspecified atom stereocenters. The molecule has 104 valence electrons. The summed E-state index contributed by atoms with van der Waals surface area (Å²) in [7, 11) is 0. The van der Waals surface area contributed by atoms with Gasteiger partial charge in [-0.2, -0.15) is 0 Å². The fourth-order valence-corrected chi connectivity index (χ4v) is 2.84. The molecule has 1 aromatic rings. The van der Waals surface area contributed by atoms with E-state index in [1.807, 2.05) is 13.8 Å². The van der Waals surface area contributed by atoms with Gasteiger partial charge in [0, 0.05) is 13.1 Å². The van der Waals surface area contributed by atoms with Crippen molar-refractivity contribution in [1.29, 1.82) is 0 Å². The van der Waals surface area contributed by atoms with Gasteiger partial charge >= 0.3 is 5.97 Å². The zero-order valence-electron chi connectivity index (χ0n) is 10.8. The predicted molar refractivity (Wildman–Crippen MR) is 69.1 cm³/mol. The molecule has 2 rings (SSSR count). The van der Waals surface area contributed by atoms with Gasteiger partial charge in [0.15, 0.2) is 0 Å². The highest BCUT2D eigenvalue weighted by Gasteiger charge is 2.43. The molecule has 0 aromatic carbocycles. The van der Waals surface area contributed by atoms with Gasteiger partial charge < -0.3 is 15.7 Å². The van der Waals surface area contributed by atoms with Gasteiger partial charge in [-0.25, -0.2) is 0 Å². The second-order valence-corrected chi connectivity index (χ2v) is 5.83. The normalized spacial score (nSPS) is 23.1. The predicted octanol–water partition coefficient (Wildman–Crippen LogP) is 0.290. The third-order valence-corrected chi connectivity index (χ3v) is 4.00. The van der Waals surface area contributed by atoms with Crippen LogP contribution in [0.2, 0.25) is 0 Å². The lowest BCUT2D eigenvalue weighted by Gasteiger charge is -2.19. The van der Waals surface area contributed by atoms with Crippen LogP contribution in [-0.4, -0.2) is 50.1 Å². The van der Waals surface area contributed by atoms with Crippen LogP contribution in [0.25, 0.3) is 0 Å². The van der Waals surface area contributed by atoms with Crippen LogP contribution in [0.3, 0.4) is 0 Å². The lowest BCUT2D eigenvalue weighted by molar-refractivity contribution is -0.142. The Morgan fingerprint density at radius 3 is 2.74 bits per heavy atom. The number of hydrogen-bond acceptors (Lipinski definition) is 6. The number of nitrogens with zero attached hydrogens (tertiary/aromatic N) is 3. The SMILES string of the molecule is CC(C)c1nnsc1C(=O)N1CCC(N)(C(=O)O)C1. The largest absolute Gasteiger partial charge is 0.480 e. The first-order chi connectivity index (χ1) is 8.85. The summed E-state index contributed by atoms with van der Waals surface area (Å²) < 4.78 is 3.80. The molecule has 8 heteroatoms. The number of hydrogen-bond donors (Lipinski definition) is 2. The molecule has 1 aliphatic rings. The lowest BCUT2D eigenvalue weighted by Crippen LogP contribution is -2.50. The number of carboxylic acids is 1. The maximum atomic E-state index is 12.4. The van der Waals surface area contributed by atoms with Gasteiger partial charge in [-0.05, 0) is 23.9 Å². The molecule has 0 aliphatic carbocycles. The summed E-state index contributed by atoms with van der Waals surface area (Å²) in [4.78, 5) is 25.4. The molecule has 0 saturated carbocycles. The highest BCUT2D eigenvalue weighted by Crippen LogP contribution is 2.25. The highest BCUT2D eigenvalue weighted by molar-refractivity contribution is 7.08. The van der Waals surface area contributed by atoms with E-state index in [2.05, 4.69) is 9.59 Å². The van der Waals surface area contributed by atoms with Crippen LogP contribution in [0, 0.1) is 0 Å². The van der Waals surface area contributed by atoms with Crippen LogP contribution in [0.5, 0.6) is 0 Å². The Hall–Kier alpha value is -1.54. The van der Waals surface area contributed by atoms with E-state index in [4.69, 9.17) is 10.8 Å². The third kappa shape index (κ3) is 2.45. The first-order valence-corrected chi connectivity index (χ1v) is 6.76. The van der Waals surface area contributed by atoms with Gasteiger partial charge in [-0.1, -0.05) is 18.3 Å².